The number of hydrogen-bond donors (Lipinski definition) is 2. The number of aryl methyl sites for hydroxylation is 1. The number of rotatable bonds is 8. The highest BCUT2D eigenvalue weighted by Gasteiger charge is 2.14. The molecule has 2 rings (SSSR count). The number of aromatic amines is 1. The average Bonchev–Trinajstić information content (AvgIpc) is 2.92. The van der Waals surface area contributed by atoms with Crippen LogP contribution in [0, 0.1) is 17.0 Å². The third kappa shape index (κ3) is 4.92. The van der Waals surface area contributed by atoms with E-state index in [2.05, 4.69) is 15.5 Å². The summed E-state index contributed by atoms with van der Waals surface area (Å²) in [4.78, 5) is 34.1. The Hall–Kier alpha value is -2.62. The van der Waals surface area contributed by atoms with Crippen molar-refractivity contribution in [2.75, 3.05) is 11.1 Å². The van der Waals surface area contributed by atoms with Crippen molar-refractivity contribution >= 4 is 29.0 Å². The molecule has 134 valence electrons. The van der Waals surface area contributed by atoms with Crippen LogP contribution in [-0.2, 0) is 11.3 Å². The van der Waals surface area contributed by atoms with Gasteiger partial charge in [-0.15, -0.1) is 5.10 Å². The number of hydrogen-bond acceptors (Lipinski definition) is 6. The standard InChI is InChI=1S/C15H19N5O4S/c1-3-4-7-19-14(22)17-18-15(19)25-9-13(21)16-12-8-11(20(23)24)6-5-10(12)2/h5-6,8H,3-4,7,9H2,1-2H3,(H,16,21)(H,17,22). The maximum Gasteiger partial charge on any atom is 0.343 e. The lowest BCUT2D eigenvalue weighted by molar-refractivity contribution is -0.384. The second-order valence-electron chi connectivity index (χ2n) is 5.41. The van der Waals surface area contributed by atoms with E-state index in [0.29, 0.717) is 17.4 Å². The SMILES string of the molecule is CCCCn1c(SCC(=O)Nc2cc([N+](=O)[O-])ccc2C)n[nH]c1=O. The molecule has 0 aliphatic heterocycles. The van der Waals surface area contributed by atoms with Gasteiger partial charge in [0.15, 0.2) is 5.16 Å². The van der Waals surface area contributed by atoms with E-state index in [1.54, 1.807) is 13.0 Å². The maximum absolute atomic E-state index is 12.1. The summed E-state index contributed by atoms with van der Waals surface area (Å²) in [7, 11) is 0. The number of H-pyrrole nitrogens is 1. The van der Waals surface area contributed by atoms with Gasteiger partial charge in [-0.25, -0.2) is 9.89 Å². The molecule has 9 nitrogen and oxygen atoms in total. The number of thioether (sulfide) groups is 1. The summed E-state index contributed by atoms with van der Waals surface area (Å²) in [6, 6.07) is 4.29. The second kappa shape index (κ2) is 8.47. The number of amides is 1. The van der Waals surface area contributed by atoms with Crippen LogP contribution >= 0.6 is 11.8 Å². The number of anilines is 1. The van der Waals surface area contributed by atoms with Crippen LogP contribution in [0.2, 0.25) is 0 Å². The molecule has 10 heteroatoms. The van der Waals surface area contributed by atoms with Gasteiger partial charge in [0.1, 0.15) is 0 Å². The fourth-order valence-corrected chi connectivity index (χ4v) is 2.87. The Bertz CT molecular complexity index is 830. The van der Waals surface area contributed by atoms with E-state index in [9.17, 15) is 19.7 Å². The van der Waals surface area contributed by atoms with E-state index < -0.39 is 4.92 Å². The molecule has 1 aromatic carbocycles. The van der Waals surface area contributed by atoms with Crippen molar-refractivity contribution in [1.82, 2.24) is 14.8 Å². The van der Waals surface area contributed by atoms with Crippen molar-refractivity contribution in [2.45, 2.75) is 38.4 Å². The van der Waals surface area contributed by atoms with Gasteiger partial charge in [-0.3, -0.25) is 19.5 Å². The van der Waals surface area contributed by atoms with Crippen molar-refractivity contribution in [3.63, 3.8) is 0 Å². The molecule has 0 fully saturated rings. The van der Waals surface area contributed by atoms with E-state index in [1.807, 2.05) is 6.92 Å². The Morgan fingerprint density at radius 1 is 1.48 bits per heavy atom. The molecule has 1 amide bonds. The summed E-state index contributed by atoms with van der Waals surface area (Å²) in [5, 5.41) is 20.2. The molecular formula is C15H19N5O4S. The summed E-state index contributed by atoms with van der Waals surface area (Å²) in [5.74, 6) is -0.287. The Kier molecular flexibility index (Phi) is 6.34. The number of non-ortho nitro benzene ring substituents is 1. The van der Waals surface area contributed by atoms with E-state index in [4.69, 9.17) is 0 Å². The first kappa shape index (κ1) is 18.7. The molecule has 0 spiro atoms. The number of nitro groups is 1. The average molecular weight is 365 g/mol. The number of nitro benzene ring substituents is 1. The highest BCUT2D eigenvalue weighted by atomic mass is 32.2. The fraction of sp³-hybridized carbons (Fsp3) is 0.400. The third-order valence-electron chi connectivity index (χ3n) is 3.50. The molecule has 0 unspecified atom stereocenters. The second-order valence-corrected chi connectivity index (χ2v) is 6.35. The van der Waals surface area contributed by atoms with Crippen LogP contribution in [0.1, 0.15) is 25.3 Å². The maximum atomic E-state index is 12.1. The zero-order valence-electron chi connectivity index (χ0n) is 13.9. The van der Waals surface area contributed by atoms with Crippen molar-refractivity contribution in [2.24, 2.45) is 0 Å². The first-order chi connectivity index (χ1) is 11.9. The Balaban J connectivity index is 2.01. The van der Waals surface area contributed by atoms with Crippen LogP contribution in [0.5, 0.6) is 0 Å². The number of carbonyl (C=O) groups excluding carboxylic acids is 1. The van der Waals surface area contributed by atoms with Crippen LogP contribution in [0.4, 0.5) is 11.4 Å². The Labute approximate surface area is 148 Å². The third-order valence-corrected chi connectivity index (χ3v) is 4.47. The molecule has 2 aromatic rings. The summed E-state index contributed by atoms with van der Waals surface area (Å²) < 4.78 is 1.50. The highest BCUT2D eigenvalue weighted by molar-refractivity contribution is 7.99. The number of carbonyl (C=O) groups is 1. The fourth-order valence-electron chi connectivity index (χ4n) is 2.10. The van der Waals surface area contributed by atoms with Gasteiger partial charge < -0.3 is 5.32 Å². The van der Waals surface area contributed by atoms with E-state index in [-0.39, 0.29) is 23.0 Å². The Morgan fingerprint density at radius 3 is 2.92 bits per heavy atom. The smallest absolute Gasteiger partial charge is 0.325 e. The van der Waals surface area contributed by atoms with Crippen LogP contribution in [0.3, 0.4) is 0 Å². The number of benzene rings is 1. The van der Waals surface area contributed by atoms with Crippen molar-refractivity contribution in [1.29, 1.82) is 0 Å². The van der Waals surface area contributed by atoms with Crippen molar-refractivity contribution < 1.29 is 9.72 Å². The van der Waals surface area contributed by atoms with Crippen LogP contribution in [0.25, 0.3) is 0 Å². The molecule has 0 radical (unpaired) electrons. The van der Waals surface area contributed by atoms with Gasteiger partial charge in [-0.2, -0.15) is 0 Å². The number of nitrogens with one attached hydrogen (secondary N) is 2. The molecule has 1 aromatic heterocycles. The summed E-state index contributed by atoms with van der Waals surface area (Å²) in [6.07, 6.45) is 1.78. The van der Waals surface area contributed by atoms with Gasteiger partial charge >= 0.3 is 5.69 Å². The highest BCUT2D eigenvalue weighted by Crippen LogP contribution is 2.22. The number of unbranched alkanes of at least 4 members (excludes halogenated alkanes) is 1. The van der Waals surface area contributed by atoms with Crippen LogP contribution < -0.4 is 11.0 Å². The number of nitrogens with zero attached hydrogens (tertiary/aromatic N) is 3. The van der Waals surface area contributed by atoms with E-state index in [1.165, 1.54) is 16.7 Å². The topological polar surface area (TPSA) is 123 Å². The molecule has 0 aliphatic rings. The summed E-state index contributed by atoms with van der Waals surface area (Å²) >= 11 is 1.14. The zero-order valence-corrected chi connectivity index (χ0v) is 14.8. The molecule has 2 N–H and O–H groups in total. The van der Waals surface area contributed by atoms with Gasteiger partial charge in [0, 0.05) is 18.7 Å². The van der Waals surface area contributed by atoms with Crippen LogP contribution in [0.15, 0.2) is 28.2 Å². The molecule has 0 aliphatic carbocycles. The molecule has 1 heterocycles. The predicted molar refractivity (Wildman–Crippen MR) is 94.9 cm³/mol. The summed E-state index contributed by atoms with van der Waals surface area (Å²) in [6.45, 7) is 4.31. The lowest BCUT2D eigenvalue weighted by Crippen LogP contribution is -2.19. The van der Waals surface area contributed by atoms with Gasteiger partial charge in [-0.1, -0.05) is 31.2 Å². The quantitative estimate of drug-likeness (QED) is 0.420. The minimum Gasteiger partial charge on any atom is -0.325 e. The van der Waals surface area contributed by atoms with Gasteiger partial charge in [0.25, 0.3) is 5.69 Å². The van der Waals surface area contributed by atoms with E-state index in [0.717, 1.165) is 30.2 Å². The van der Waals surface area contributed by atoms with Gasteiger partial charge in [0.2, 0.25) is 5.91 Å². The molecule has 0 bridgehead atoms. The molecular weight excluding hydrogens is 346 g/mol. The number of aromatic nitrogens is 3. The molecule has 0 saturated carbocycles. The van der Waals surface area contributed by atoms with Crippen molar-refractivity contribution in [3.05, 3.63) is 44.4 Å². The largest absolute Gasteiger partial charge is 0.343 e. The molecule has 25 heavy (non-hydrogen) atoms. The molecule has 0 saturated heterocycles. The van der Waals surface area contributed by atoms with Crippen LogP contribution in [-0.4, -0.2) is 31.3 Å². The van der Waals surface area contributed by atoms with E-state index >= 15 is 0 Å². The normalized spacial score (nSPS) is 10.6. The summed E-state index contributed by atoms with van der Waals surface area (Å²) in [5.41, 5.74) is 0.730. The minimum atomic E-state index is -0.514. The first-order valence-corrected chi connectivity index (χ1v) is 8.73. The zero-order chi connectivity index (χ0) is 18.4. The van der Waals surface area contributed by atoms with Gasteiger partial charge in [0.05, 0.1) is 16.4 Å². The van der Waals surface area contributed by atoms with Crippen molar-refractivity contribution in [3.8, 4) is 0 Å². The monoisotopic (exact) mass is 365 g/mol. The predicted octanol–water partition coefficient (Wildman–Crippen LogP) is 2.32. The molecule has 0 atom stereocenters. The van der Waals surface area contributed by atoms with Gasteiger partial charge in [-0.05, 0) is 18.9 Å². The Morgan fingerprint density at radius 2 is 2.24 bits per heavy atom. The lowest BCUT2D eigenvalue weighted by Gasteiger charge is -2.08. The lowest BCUT2D eigenvalue weighted by atomic mass is 10.2. The first-order valence-electron chi connectivity index (χ1n) is 7.75. The minimum absolute atomic E-state index is 0.0402.